The van der Waals surface area contributed by atoms with Crippen molar-refractivity contribution in [3.8, 4) is 11.5 Å². The molecule has 0 aliphatic carbocycles. The van der Waals surface area contributed by atoms with Crippen LogP contribution in [0.2, 0.25) is 5.02 Å². The van der Waals surface area contributed by atoms with Crippen molar-refractivity contribution in [2.45, 2.75) is 6.92 Å². The quantitative estimate of drug-likeness (QED) is 0.618. The molecule has 0 saturated heterocycles. The topological polar surface area (TPSA) is 47.6 Å². The summed E-state index contributed by atoms with van der Waals surface area (Å²) in [5, 5.41) is 3.72. The number of hydrogen-bond donors (Lipinski definition) is 1. The van der Waals surface area contributed by atoms with Crippen LogP contribution < -0.4 is 14.8 Å². The van der Waals surface area contributed by atoms with Crippen molar-refractivity contribution >= 4 is 23.1 Å². The maximum absolute atomic E-state index is 11.4. The monoisotopic (exact) mass is 319 g/mol. The van der Waals surface area contributed by atoms with E-state index in [1.54, 1.807) is 25.3 Å². The van der Waals surface area contributed by atoms with Crippen LogP contribution in [0.1, 0.15) is 17.3 Å². The third kappa shape index (κ3) is 4.67. The van der Waals surface area contributed by atoms with Crippen molar-refractivity contribution in [2.75, 3.05) is 25.6 Å². The zero-order valence-electron chi connectivity index (χ0n) is 12.6. The van der Waals surface area contributed by atoms with E-state index in [1.807, 2.05) is 24.3 Å². The Morgan fingerprint density at radius 1 is 1.14 bits per heavy atom. The highest BCUT2D eigenvalue weighted by Crippen LogP contribution is 2.20. The molecule has 0 heterocycles. The Labute approximate surface area is 135 Å². The number of nitrogens with one attached hydrogen (secondary N) is 1. The van der Waals surface area contributed by atoms with Gasteiger partial charge in [0.2, 0.25) is 0 Å². The number of halogens is 1. The second kappa shape index (κ2) is 7.71. The van der Waals surface area contributed by atoms with Gasteiger partial charge >= 0.3 is 0 Å². The average Bonchev–Trinajstić information content (AvgIpc) is 2.51. The predicted molar refractivity (Wildman–Crippen MR) is 88.4 cm³/mol. The van der Waals surface area contributed by atoms with Gasteiger partial charge in [-0.1, -0.05) is 11.6 Å². The van der Waals surface area contributed by atoms with Gasteiger partial charge in [0.1, 0.15) is 18.1 Å². The molecule has 0 spiro atoms. The lowest BCUT2D eigenvalue weighted by atomic mass is 10.1. The van der Waals surface area contributed by atoms with Crippen LogP contribution in [0.5, 0.6) is 11.5 Å². The highest BCUT2D eigenvalue weighted by molar-refractivity contribution is 6.31. The minimum Gasteiger partial charge on any atom is -0.497 e. The van der Waals surface area contributed by atoms with Crippen LogP contribution in [-0.2, 0) is 0 Å². The SMILES string of the molecule is COc1ccc(OCCNc2cc(Cl)cc(C(C)=O)c2)cc1. The molecule has 116 valence electrons. The molecule has 0 unspecified atom stereocenters. The summed E-state index contributed by atoms with van der Waals surface area (Å²) in [5.41, 5.74) is 1.39. The predicted octanol–water partition coefficient (Wildman–Crippen LogP) is 4.04. The molecule has 4 nitrogen and oxygen atoms in total. The van der Waals surface area contributed by atoms with Crippen LogP contribution in [0.15, 0.2) is 42.5 Å². The van der Waals surface area contributed by atoms with Crippen molar-refractivity contribution in [3.63, 3.8) is 0 Å². The first kappa shape index (κ1) is 16.2. The summed E-state index contributed by atoms with van der Waals surface area (Å²) < 4.78 is 10.7. The van der Waals surface area contributed by atoms with E-state index in [2.05, 4.69) is 5.32 Å². The Morgan fingerprint density at radius 2 is 1.82 bits per heavy atom. The molecule has 2 rings (SSSR count). The van der Waals surface area contributed by atoms with E-state index in [-0.39, 0.29) is 5.78 Å². The van der Waals surface area contributed by atoms with Gasteiger partial charge in [0.15, 0.2) is 5.78 Å². The smallest absolute Gasteiger partial charge is 0.159 e. The molecule has 0 amide bonds. The highest BCUT2D eigenvalue weighted by Gasteiger charge is 2.03. The van der Waals surface area contributed by atoms with E-state index in [0.717, 1.165) is 17.2 Å². The van der Waals surface area contributed by atoms with Gasteiger partial charge in [-0.25, -0.2) is 0 Å². The first-order chi connectivity index (χ1) is 10.6. The molecule has 0 aromatic heterocycles. The molecule has 0 bridgehead atoms. The summed E-state index contributed by atoms with van der Waals surface area (Å²) in [4.78, 5) is 11.4. The van der Waals surface area contributed by atoms with E-state index in [1.165, 1.54) is 6.92 Å². The van der Waals surface area contributed by atoms with Gasteiger partial charge in [-0.2, -0.15) is 0 Å². The molecule has 0 saturated carbocycles. The van der Waals surface area contributed by atoms with Gasteiger partial charge in [0, 0.05) is 22.8 Å². The number of ether oxygens (including phenoxy) is 2. The number of rotatable bonds is 7. The molecule has 0 fully saturated rings. The fourth-order valence-electron chi connectivity index (χ4n) is 1.93. The maximum atomic E-state index is 11.4. The fourth-order valence-corrected chi connectivity index (χ4v) is 2.17. The molecule has 0 aliphatic heterocycles. The van der Waals surface area contributed by atoms with Crippen molar-refractivity contribution < 1.29 is 14.3 Å². The zero-order chi connectivity index (χ0) is 15.9. The lowest BCUT2D eigenvalue weighted by Gasteiger charge is -2.10. The Morgan fingerprint density at radius 3 is 2.45 bits per heavy atom. The lowest BCUT2D eigenvalue weighted by Crippen LogP contribution is -2.11. The Balaban J connectivity index is 1.84. The Kier molecular flexibility index (Phi) is 5.67. The summed E-state index contributed by atoms with van der Waals surface area (Å²) in [6.45, 7) is 2.61. The molecule has 5 heteroatoms. The standard InChI is InChI=1S/C17H18ClNO3/c1-12(20)13-9-14(18)11-15(10-13)19-7-8-22-17-5-3-16(21-2)4-6-17/h3-6,9-11,19H,7-8H2,1-2H3. The normalized spacial score (nSPS) is 10.1. The van der Waals surface area contributed by atoms with Crippen LogP contribution in [0.3, 0.4) is 0 Å². The molecular formula is C17H18ClNO3. The number of ketones is 1. The number of benzene rings is 2. The number of hydrogen-bond acceptors (Lipinski definition) is 4. The number of Topliss-reactive ketones (excluding diaryl/α,β-unsaturated/α-hetero) is 1. The average molecular weight is 320 g/mol. The van der Waals surface area contributed by atoms with E-state index >= 15 is 0 Å². The Bertz CT molecular complexity index is 641. The lowest BCUT2D eigenvalue weighted by molar-refractivity contribution is 0.101. The van der Waals surface area contributed by atoms with E-state index < -0.39 is 0 Å². The largest absolute Gasteiger partial charge is 0.497 e. The highest BCUT2D eigenvalue weighted by atomic mass is 35.5. The van der Waals surface area contributed by atoms with Crippen molar-refractivity contribution in [1.82, 2.24) is 0 Å². The van der Waals surface area contributed by atoms with E-state index in [4.69, 9.17) is 21.1 Å². The second-order valence-electron chi connectivity index (χ2n) is 4.74. The molecule has 0 aliphatic rings. The van der Waals surface area contributed by atoms with Crippen molar-refractivity contribution in [3.05, 3.63) is 53.1 Å². The third-order valence-corrected chi connectivity index (χ3v) is 3.28. The molecular weight excluding hydrogens is 302 g/mol. The van der Waals surface area contributed by atoms with Crippen LogP contribution in [0.25, 0.3) is 0 Å². The van der Waals surface area contributed by atoms with Gasteiger partial charge in [0.05, 0.1) is 7.11 Å². The van der Waals surface area contributed by atoms with E-state index in [9.17, 15) is 4.79 Å². The molecule has 1 N–H and O–H groups in total. The van der Waals surface area contributed by atoms with Crippen molar-refractivity contribution in [1.29, 1.82) is 0 Å². The molecule has 2 aromatic carbocycles. The van der Waals surface area contributed by atoms with Gasteiger partial charge in [-0.15, -0.1) is 0 Å². The molecule has 0 atom stereocenters. The van der Waals surface area contributed by atoms with Crippen LogP contribution in [-0.4, -0.2) is 26.0 Å². The zero-order valence-corrected chi connectivity index (χ0v) is 13.3. The number of anilines is 1. The summed E-state index contributed by atoms with van der Waals surface area (Å²) >= 11 is 6.00. The van der Waals surface area contributed by atoms with Crippen LogP contribution in [0, 0.1) is 0 Å². The van der Waals surface area contributed by atoms with Gasteiger partial charge in [-0.3, -0.25) is 4.79 Å². The minimum atomic E-state index is -0.0139. The summed E-state index contributed by atoms with van der Waals surface area (Å²) in [7, 11) is 1.63. The number of carbonyl (C=O) groups excluding carboxylic acids is 1. The van der Waals surface area contributed by atoms with Gasteiger partial charge in [-0.05, 0) is 49.4 Å². The van der Waals surface area contributed by atoms with Gasteiger partial charge in [0.25, 0.3) is 0 Å². The second-order valence-corrected chi connectivity index (χ2v) is 5.17. The maximum Gasteiger partial charge on any atom is 0.159 e. The van der Waals surface area contributed by atoms with Crippen LogP contribution >= 0.6 is 11.6 Å². The summed E-state index contributed by atoms with van der Waals surface area (Å²) in [6, 6.07) is 12.6. The fraction of sp³-hybridized carbons (Fsp3) is 0.235. The first-order valence-electron chi connectivity index (χ1n) is 6.91. The summed E-state index contributed by atoms with van der Waals surface area (Å²) in [6.07, 6.45) is 0. The van der Waals surface area contributed by atoms with E-state index in [0.29, 0.717) is 23.7 Å². The molecule has 0 radical (unpaired) electrons. The molecule has 22 heavy (non-hydrogen) atoms. The number of methoxy groups -OCH3 is 1. The van der Waals surface area contributed by atoms with Crippen LogP contribution in [0.4, 0.5) is 5.69 Å². The van der Waals surface area contributed by atoms with Gasteiger partial charge < -0.3 is 14.8 Å². The Hall–Kier alpha value is -2.20. The summed E-state index contributed by atoms with van der Waals surface area (Å²) in [5.74, 6) is 1.55. The number of carbonyl (C=O) groups is 1. The minimum absolute atomic E-state index is 0.0139. The first-order valence-corrected chi connectivity index (χ1v) is 7.28. The molecule has 2 aromatic rings. The van der Waals surface area contributed by atoms with Crippen molar-refractivity contribution in [2.24, 2.45) is 0 Å². The third-order valence-electron chi connectivity index (χ3n) is 3.06.